The van der Waals surface area contributed by atoms with Crippen molar-refractivity contribution in [1.82, 2.24) is 0 Å². The number of nitrogens with zero attached hydrogens (tertiary/aromatic N) is 1. The van der Waals surface area contributed by atoms with Gasteiger partial charge in [0.05, 0.1) is 0 Å². The van der Waals surface area contributed by atoms with Gasteiger partial charge in [-0.15, -0.1) is 0 Å². The zero-order valence-corrected chi connectivity index (χ0v) is 13.1. The second-order valence-electron chi connectivity index (χ2n) is 4.88. The van der Waals surface area contributed by atoms with Gasteiger partial charge in [-0.1, -0.05) is 26.2 Å². The van der Waals surface area contributed by atoms with Crippen LogP contribution in [0.1, 0.15) is 44.6 Å². The summed E-state index contributed by atoms with van der Waals surface area (Å²) in [6.07, 6.45) is 6.41. The van der Waals surface area contributed by atoms with Gasteiger partial charge in [0.2, 0.25) is 5.91 Å². The molecule has 0 fully saturated rings. The quantitative estimate of drug-likeness (QED) is 0.573. The molecule has 2 rings (SSSR count). The van der Waals surface area contributed by atoms with Crippen LogP contribution in [-0.4, -0.2) is 12.5 Å². The summed E-state index contributed by atoms with van der Waals surface area (Å²) in [7, 11) is 0. The van der Waals surface area contributed by atoms with E-state index in [1.165, 1.54) is 28.4 Å². The number of carbonyl (C=O) groups is 1. The molecule has 0 radical (unpaired) electrons. The Labute approximate surface area is 123 Å². The minimum absolute atomic E-state index is 0.292. The molecule has 0 aromatic heterocycles. The molecule has 2 nitrogen and oxygen atoms in total. The summed E-state index contributed by atoms with van der Waals surface area (Å²) >= 11 is 2.33. The van der Waals surface area contributed by atoms with Crippen LogP contribution < -0.4 is 4.90 Å². The Balaban J connectivity index is 2.08. The third kappa shape index (κ3) is 3.25. The van der Waals surface area contributed by atoms with E-state index in [-0.39, 0.29) is 0 Å². The molecule has 1 aromatic carbocycles. The number of anilines is 1. The zero-order chi connectivity index (χ0) is 13.0. The summed E-state index contributed by atoms with van der Waals surface area (Å²) < 4.78 is 1.26. The first-order valence-corrected chi connectivity index (χ1v) is 7.89. The summed E-state index contributed by atoms with van der Waals surface area (Å²) in [6, 6.07) is 6.41. The highest BCUT2D eigenvalue weighted by atomic mass is 127. The summed E-state index contributed by atoms with van der Waals surface area (Å²) in [5, 5.41) is 0. The Morgan fingerprint density at radius 3 is 2.83 bits per heavy atom. The lowest BCUT2D eigenvalue weighted by Gasteiger charge is -2.29. The lowest BCUT2D eigenvalue weighted by Crippen LogP contribution is -2.35. The second-order valence-corrected chi connectivity index (χ2v) is 6.12. The molecule has 0 bridgehead atoms. The molecule has 1 aromatic rings. The number of carbonyl (C=O) groups excluding carboxylic acids is 1. The molecule has 3 heteroatoms. The molecule has 18 heavy (non-hydrogen) atoms. The fourth-order valence-corrected chi connectivity index (χ4v) is 3.03. The smallest absolute Gasteiger partial charge is 0.227 e. The van der Waals surface area contributed by atoms with E-state index in [2.05, 4.69) is 47.7 Å². The van der Waals surface area contributed by atoms with Crippen LogP contribution in [0.3, 0.4) is 0 Å². The number of fused-ring (bicyclic) bond motifs is 1. The van der Waals surface area contributed by atoms with E-state index < -0.39 is 0 Å². The maximum atomic E-state index is 12.0. The molecule has 1 heterocycles. The molecule has 98 valence electrons. The molecular formula is C15H20INO. The van der Waals surface area contributed by atoms with Crippen LogP contribution >= 0.6 is 22.6 Å². The van der Waals surface area contributed by atoms with Gasteiger partial charge in [-0.25, -0.2) is 0 Å². The average Bonchev–Trinajstić information content (AvgIpc) is 2.37. The molecule has 0 saturated carbocycles. The molecule has 0 atom stereocenters. The van der Waals surface area contributed by atoms with Crippen LogP contribution in [0, 0.1) is 3.57 Å². The van der Waals surface area contributed by atoms with Crippen LogP contribution in [0.2, 0.25) is 0 Å². The largest absolute Gasteiger partial charge is 0.312 e. The number of hydrogen-bond acceptors (Lipinski definition) is 1. The van der Waals surface area contributed by atoms with Crippen molar-refractivity contribution in [2.75, 3.05) is 11.4 Å². The average molecular weight is 357 g/mol. The highest BCUT2D eigenvalue weighted by Gasteiger charge is 2.23. The maximum Gasteiger partial charge on any atom is 0.227 e. The fraction of sp³-hybridized carbons (Fsp3) is 0.533. The molecular weight excluding hydrogens is 337 g/mol. The van der Waals surface area contributed by atoms with Gasteiger partial charge in [-0.2, -0.15) is 0 Å². The van der Waals surface area contributed by atoms with Crippen molar-refractivity contribution in [3.8, 4) is 0 Å². The molecule has 0 saturated heterocycles. The molecule has 0 N–H and O–H groups in total. The van der Waals surface area contributed by atoms with Crippen molar-refractivity contribution in [2.45, 2.75) is 45.4 Å². The fourth-order valence-electron chi connectivity index (χ4n) is 2.47. The van der Waals surface area contributed by atoms with Gasteiger partial charge in [0, 0.05) is 22.2 Å². The third-order valence-electron chi connectivity index (χ3n) is 3.48. The van der Waals surface area contributed by atoms with Crippen molar-refractivity contribution >= 4 is 34.2 Å². The molecule has 1 aliphatic rings. The van der Waals surface area contributed by atoms with Gasteiger partial charge in [0.1, 0.15) is 0 Å². The minimum atomic E-state index is 0.292. The van der Waals surface area contributed by atoms with Crippen LogP contribution in [-0.2, 0) is 11.2 Å². The number of hydrogen-bond donors (Lipinski definition) is 0. The zero-order valence-electron chi connectivity index (χ0n) is 10.9. The van der Waals surface area contributed by atoms with Crippen molar-refractivity contribution in [2.24, 2.45) is 0 Å². The number of amides is 1. The highest BCUT2D eigenvalue weighted by molar-refractivity contribution is 14.1. The highest BCUT2D eigenvalue weighted by Crippen LogP contribution is 2.29. The lowest BCUT2D eigenvalue weighted by atomic mass is 10.0. The Hall–Kier alpha value is -0.580. The number of aryl methyl sites for hydroxylation is 1. The van der Waals surface area contributed by atoms with Crippen molar-refractivity contribution in [1.29, 1.82) is 0 Å². The van der Waals surface area contributed by atoms with Gasteiger partial charge in [0.25, 0.3) is 0 Å². The van der Waals surface area contributed by atoms with E-state index in [9.17, 15) is 4.79 Å². The molecule has 0 aliphatic carbocycles. The van der Waals surface area contributed by atoms with Crippen LogP contribution in [0.5, 0.6) is 0 Å². The van der Waals surface area contributed by atoms with E-state index in [1.54, 1.807) is 0 Å². The van der Waals surface area contributed by atoms with Crippen molar-refractivity contribution < 1.29 is 4.79 Å². The van der Waals surface area contributed by atoms with Gasteiger partial charge in [0.15, 0.2) is 0 Å². The van der Waals surface area contributed by atoms with Gasteiger partial charge in [-0.3, -0.25) is 4.79 Å². The predicted octanol–water partition coefficient (Wildman–Crippen LogP) is 4.15. The Morgan fingerprint density at radius 2 is 2.06 bits per heavy atom. The lowest BCUT2D eigenvalue weighted by molar-refractivity contribution is -0.118. The first kappa shape index (κ1) is 13.8. The van der Waals surface area contributed by atoms with E-state index >= 15 is 0 Å². The van der Waals surface area contributed by atoms with E-state index in [4.69, 9.17) is 0 Å². The Kier molecular flexibility index (Phi) is 5.03. The monoisotopic (exact) mass is 357 g/mol. The summed E-state index contributed by atoms with van der Waals surface area (Å²) in [4.78, 5) is 14.0. The predicted molar refractivity (Wildman–Crippen MR) is 84.0 cm³/mol. The van der Waals surface area contributed by atoms with Crippen molar-refractivity contribution in [3.63, 3.8) is 0 Å². The number of benzene rings is 1. The van der Waals surface area contributed by atoms with E-state index in [0.717, 1.165) is 25.1 Å². The molecule has 0 unspecified atom stereocenters. The van der Waals surface area contributed by atoms with Crippen molar-refractivity contribution in [3.05, 3.63) is 27.3 Å². The minimum Gasteiger partial charge on any atom is -0.312 e. The van der Waals surface area contributed by atoms with E-state index in [1.807, 2.05) is 4.90 Å². The summed E-state index contributed by atoms with van der Waals surface area (Å²) in [6.45, 7) is 3.09. The first-order valence-electron chi connectivity index (χ1n) is 6.81. The number of unbranched alkanes of at least 4 members (excludes halogenated alkanes) is 3. The van der Waals surface area contributed by atoms with Crippen LogP contribution in [0.25, 0.3) is 0 Å². The number of halogens is 1. The molecule has 1 aliphatic heterocycles. The Morgan fingerprint density at radius 1 is 1.22 bits per heavy atom. The Bertz CT molecular complexity index is 431. The second kappa shape index (κ2) is 6.55. The van der Waals surface area contributed by atoms with Gasteiger partial charge >= 0.3 is 0 Å². The molecule has 1 amide bonds. The molecule has 0 spiro atoms. The van der Waals surface area contributed by atoms with Crippen LogP contribution in [0.15, 0.2) is 18.2 Å². The summed E-state index contributed by atoms with van der Waals surface area (Å²) in [5.74, 6) is 0.292. The topological polar surface area (TPSA) is 20.3 Å². The van der Waals surface area contributed by atoms with E-state index in [0.29, 0.717) is 12.3 Å². The number of rotatable bonds is 5. The third-order valence-corrected chi connectivity index (χ3v) is 4.15. The maximum absolute atomic E-state index is 12.0. The summed E-state index contributed by atoms with van der Waals surface area (Å²) in [5.41, 5.74) is 2.47. The standard InChI is InChI=1S/C15H20INO/c1-2-3-4-5-10-17-14-8-7-13(16)11-12(14)6-9-15(17)18/h7-8,11H,2-6,9-10H2,1H3. The van der Waals surface area contributed by atoms with Gasteiger partial charge in [-0.05, 0) is 59.2 Å². The van der Waals surface area contributed by atoms with Crippen LogP contribution in [0.4, 0.5) is 5.69 Å². The first-order chi connectivity index (χ1) is 8.72. The SMILES string of the molecule is CCCCCCN1C(=O)CCc2cc(I)ccc21. The van der Waals surface area contributed by atoms with Gasteiger partial charge < -0.3 is 4.90 Å². The normalized spacial score (nSPS) is 14.8.